The van der Waals surface area contributed by atoms with Crippen LogP contribution in [0.1, 0.15) is 33.0 Å². The zero-order valence-electron chi connectivity index (χ0n) is 11.4. The lowest BCUT2D eigenvalue weighted by molar-refractivity contribution is 0.0978. The molecule has 0 aliphatic carbocycles. The van der Waals surface area contributed by atoms with E-state index >= 15 is 0 Å². The predicted molar refractivity (Wildman–Crippen MR) is 75.0 cm³/mol. The van der Waals surface area contributed by atoms with E-state index in [0.29, 0.717) is 11.1 Å². The van der Waals surface area contributed by atoms with Crippen molar-refractivity contribution in [2.24, 2.45) is 0 Å². The summed E-state index contributed by atoms with van der Waals surface area (Å²) in [5, 5.41) is 9.24. The number of carbonyl (C=O) groups is 1. The minimum absolute atomic E-state index is 0.262. The largest absolute Gasteiger partial charge is 0.292 e. The summed E-state index contributed by atoms with van der Waals surface area (Å²) in [4.78, 5) is 12.4. The summed E-state index contributed by atoms with van der Waals surface area (Å²) < 4.78 is 12.9. The molecule has 2 nitrogen and oxygen atoms in total. The molecule has 0 spiro atoms. The molecule has 3 heteroatoms. The number of aryl methyl sites for hydroxylation is 2. The normalized spacial score (nSPS) is 11.7. The summed E-state index contributed by atoms with van der Waals surface area (Å²) in [7, 11) is 0. The quantitative estimate of drug-likeness (QED) is 0.790. The van der Waals surface area contributed by atoms with Gasteiger partial charge in [-0.2, -0.15) is 5.26 Å². The smallest absolute Gasteiger partial charge is 0.184 e. The maximum Gasteiger partial charge on any atom is 0.184 e. The molecule has 0 aliphatic rings. The van der Waals surface area contributed by atoms with Crippen molar-refractivity contribution in [2.45, 2.75) is 19.8 Å². The van der Waals surface area contributed by atoms with Crippen LogP contribution in [0.2, 0.25) is 0 Å². The van der Waals surface area contributed by atoms with E-state index in [2.05, 4.69) is 0 Å². The van der Waals surface area contributed by atoms with Crippen LogP contribution >= 0.6 is 0 Å². The minimum atomic E-state index is -0.905. The monoisotopic (exact) mass is 267 g/mol. The zero-order valence-corrected chi connectivity index (χ0v) is 11.4. The van der Waals surface area contributed by atoms with Gasteiger partial charge in [-0.1, -0.05) is 24.3 Å². The Bertz CT molecular complexity index is 683. The summed E-state index contributed by atoms with van der Waals surface area (Å²) in [6, 6.07) is 12.8. The van der Waals surface area contributed by atoms with E-state index in [-0.39, 0.29) is 11.6 Å². The first-order chi connectivity index (χ1) is 9.52. The van der Waals surface area contributed by atoms with Gasteiger partial charge in [0.15, 0.2) is 5.78 Å². The molecule has 0 aromatic heterocycles. The van der Waals surface area contributed by atoms with Crippen LogP contribution in [0.3, 0.4) is 0 Å². The molecule has 1 unspecified atom stereocenters. The second kappa shape index (κ2) is 5.66. The molecule has 0 fully saturated rings. The highest BCUT2D eigenvalue weighted by Gasteiger charge is 2.22. The van der Waals surface area contributed by atoms with Gasteiger partial charge in [0, 0.05) is 5.56 Å². The number of ketones is 1. The standard InChI is InChI=1S/C17H14FNO/c1-11-3-4-14(9-12(11)2)17(20)16(10-19)13-5-7-15(18)8-6-13/h3-9,16H,1-2H3. The third-order valence-corrected chi connectivity index (χ3v) is 3.39. The molecular formula is C17H14FNO. The third kappa shape index (κ3) is 2.75. The molecule has 0 saturated heterocycles. The average molecular weight is 267 g/mol. The fraction of sp³-hybridized carbons (Fsp3) is 0.176. The number of nitriles is 1. The van der Waals surface area contributed by atoms with Gasteiger partial charge in [-0.25, -0.2) is 4.39 Å². The van der Waals surface area contributed by atoms with E-state index in [4.69, 9.17) is 0 Å². The maximum atomic E-state index is 12.9. The minimum Gasteiger partial charge on any atom is -0.292 e. The molecule has 0 bridgehead atoms. The van der Waals surface area contributed by atoms with Gasteiger partial charge >= 0.3 is 0 Å². The molecule has 0 radical (unpaired) electrons. The van der Waals surface area contributed by atoms with Crippen molar-refractivity contribution in [2.75, 3.05) is 0 Å². The summed E-state index contributed by atoms with van der Waals surface area (Å²) in [5.41, 5.74) is 3.12. The zero-order chi connectivity index (χ0) is 14.7. The highest BCUT2D eigenvalue weighted by Crippen LogP contribution is 2.22. The van der Waals surface area contributed by atoms with E-state index in [1.807, 2.05) is 26.0 Å². The van der Waals surface area contributed by atoms with Gasteiger partial charge in [-0.05, 0) is 48.7 Å². The van der Waals surface area contributed by atoms with Crippen molar-refractivity contribution in [3.63, 3.8) is 0 Å². The Morgan fingerprint density at radius 3 is 2.30 bits per heavy atom. The number of halogens is 1. The Balaban J connectivity index is 2.36. The fourth-order valence-electron chi connectivity index (χ4n) is 2.00. The van der Waals surface area contributed by atoms with Gasteiger partial charge in [0.2, 0.25) is 0 Å². The number of rotatable bonds is 3. The molecule has 0 N–H and O–H groups in total. The van der Waals surface area contributed by atoms with E-state index in [1.54, 1.807) is 12.1 Å². The summed E-state index contributed by atoms with van der Waals surface area (Å²) in [6.07, 6.45) is 0. The Kier molecular flexibility index (Phi) is 3.95. The average Bonchev–Trinajstić information content (AvgIpc) is 2.44. The maximum absolute atomic E-state index is 12.9. The van der Waals surface area contributed by atoms with Crippen molar-refractivity contribution in [3.8, 4) is 6.07 Å². The second-order valence-electron chi connectivity index (χ2n) is 4.78. The molecule has 0 aliphatic heterocycles. The molecule has 2 aromatic carbocycles. The molecule has 2 rings (SSSR count). The Morgan fingerprint density at radius 1 is 1.10 bits per heavy atom. The lowest BCUT2D eigenvalue weighted by Gasteiger charge is -2.10. The van der Waals surface area contributed by atoms with Gasteiger partial charge in [0.1, 0.15) is 11.7 Å². The van der Waals surface area contributed by atoms with Crippen molar-refractivity contribution in [1.82, 2.24) is 0 Å². The van der Waals surface area contributed by atoms with Crippen molar-refractivity contribution < 1.29 is 9.18 Å². The lowest BCUT2D eigenvalue weighted by atomic mass is 9.90. The molecule has 20 heavy (non-hydrogen) atoms. The van der Waals surface area contributed by atoms with E-state index in [1.165, 1.54) is 24.3 Å². The van der Waals surface area contributed by atoms with E-state index in [0.717, 1.165) is 11.1 Å². The lowest BCUT2D eigenvalue weighted by Crippen LogP contribution is -2.11. The van der Waals surface area contributed by atoms with Crippen LogP contribution in [0.4, 0.5) is 4.39 Å². The Morgan fingerprint density at radius 2 is 1.75 bits per heavy atom. The van der Waals surface area contributed by atoms with Crippen molar-refractivity contribution in [1.29, 1.82) is 5.26 Å². The van der Waals surface area contributed by atoms with Crippen LogP contribution in [0.15, 0.2) is 42.5 Å². The third-order valence-electron chi connectivity index (χ3n) is 3.39. The molecular weight excluding hydrogens is 253 g/mol. The van der Waals surface area contributed by atoms with Crippen LogP contribution in [-0.2, 0) is 0 Å². The first-order valence-electron chi connectivity index (χ1n) is 6.29. The van der Waals surface area contributed by atoms with E-state index in [9.17, 15) is 14.4 Å². The van der Waals surface area contributed by atoms with Crippen molar-refractivity contribution in [3.05, 3.63) is 70.5 Å². The highest BCUT2D eigenvalue weighted by molar-refractivity contribution is 6.02. The number of Topliss-reactive ketones (excluding diaryl/α,β-unsaturated/α-hetero) is 1. The highest BCUT2D eigenvalue weighted by atomic mass is 19.1. The number of hydrogen-bond donors (Lipinski definition) is 0. The molecule has 0 heterocycles. The molecule has 2 aromatic rings. The SMILES string of the molecule is Cc1ccc(C(=O)C(C#N)c2ccc(F)cc2)cc1C. The van der Waals surface area contributed by atoms with Gasteiger partial charge in [0.05, 0.1) is 6.07 Å². The van der Waals surface area contributed by atoms with Crippen LogP contribution in [0, 0.1) is 31.0 Å². The van der Waals surface area contributed by atoms with Gasteiger partial charge in [-0.15, -0.1) is 0 Å². The van der Waals surface area contributed by atoms with Gasteiger partial charge in [0.25, 0.3) is 0 Å². The molecule has 100 valence electrons. The van der Waals surface area contributed by atoms with E-state index < -0.39 is 5.92 Å². The first kappa shape index (κ1) is 14.0. The van der Waals surface area contributed by atoms with Crippen molar-refractivity contribution >= 4 is 5.78 Å². The fourth-order valence-corrected chi connectivity index (χ4v) is 2.00. The number of hydrogen-bond acceptors (Lipinski definition) is 2. The van der Waals surface area contributed by atoms with Crippen LogP contribution in [-0.4, -0.2) is 5.78 Å². The molecule has 1 atom stereocenters. The van der Waals surface area contributed by atoms with Gasteiger partial charge in [-0.3, -0.25) is 4.79 Å². The second-order valence-corrected chi connectivity index (χ2v) is 4.78. The molecule has 0 amide bonds. The van der Waals surface area contributed by atoms with Crippen LogP contribution in [0.5, 0.6) is 0 Å². The summed E-state index contributed by atoms with van der Waals surface area (Å²) >= 11 is 0. The Hall–Kier alpha value is -2.47. The molecule has 0 saturated carbocycles. The van der Waals surface area contributed by atoms with Gasteiger partial charge < -0.3 is 0 Å². The summed E-state index contributed by atoms with van der Waals surface area (Å²) in [6.45, 7) is 3.89. The topological polar surface area (TPSA) is 40.9 Å². The summed E-state index contributed by atoms with van der Waals surface area (Å²) in [5.74, 6) is -1.55. The number of benzene rings is 2. The van der Waals surface area contributed by atoms with Crippen LogP contribution in [0.25, 0.3) is 0 Å². The first-order valence-corrected chi connectivity index (χ1v) is 6.29. The number of nitrogens with zero attached hydrogens (tertiary/aromatic N) is 1. The Labute approximate surface area is 117 Å². The number of carbonyl (C=O) groups excluding carboxylic acids is 1. The van der Waals surface area contributed by atoms with Crippen LogP contribution < -0.4 is 0 Å². The predicted octanol–water partition coefficient (Wildman–Crippen LogP) is 3.93.